The number of hydrogen-bond acceptors (Lipinski definition) is 7. The molecule has 0 bridgehead atoms. The van der Waals surface area contributed by atoms with Gasteiger partial charge in [-0.15, -0.1) is 0 Å². The van der Waals surface area contributed by atoms with Crippen molar-refractivity contribution in [1.29, 1.82) is 0 Å². The van der Waals surface area contributed by atoms with Crippen molar-refractivity contribution in [2.75, 3.05) is 28.4 Å². The van der Waals surface area contributed by atoms with Crippen molar-refractivity contribution < 1.29 is 28.5 Å². The first-order valence-electron chi connectivity index (χ1n) is 12.1. The van der Waals surface area contributed by atoms with Gasteiger partial charge in [-0.25, -0.2) is 4.99 Å². The first-order chi connectivity index (χ1) is 17.7. The number of nitrogens with zero attached hydrogens (tertiary/aromatic N) is 1. The van der Waals surface area contributed by atoms with E-state index in [-0.39, 0.29) is 36.7 Å². The van der Waals surface area contributed by atoms with E-state index in [1.807, 2.05) is 19.9 Å². The van der Waals surface area contributed by atoms with Crippen LogP contribution in [-0.2, 0) is 22.6 Å². The summed E-state index contributed by atoms with van der Waals surface area (Å²) in [5.41, 5.74) is 7.58. The lowest BCUT2D eigenvalue weighted by atomic mass is 9.99. The summed E-state index contributed by atoms with van der Waals surface area (Å²) in [7, 11) is 6.19. The zero-order valence-electron chi connectivity index (χ0n) is 22.4. The minimum Gasteiger partial charge on any atom is -0.493 e. The first-order valence-corrected chi connectivity index (χ1v) is 12.1. The van der Waals surface area contributed by atoms with Crippen molar-refractivity contribution in [3.63, 3.8) is 0 Å². The van der Waals surface area contributed by atoms with Crippen LogP contribution in [-0.4, -0.2) is 52.3 Å². The summed E-state index contributed by atoms with van der Waals surface area (Å²) >= 11 is 0. The topological polar surface area (TPSA) is 134 Å². The molecule has 0 aliphatic heterocycles. The summed E-state index contributed by atoms with van der Waals surface area (Å²) in [6.07, 6.45) is 1.42. The van der Waals surface area contributed by atoms with E-state index in [0.29, 0.717) is 35.0 Å². The van der Waals surface area contributed by atoms with Gasteiger partial charge in [-0.3, -0.25) is 14.9 Å². The Morgan fingerprint density at radius 1 is 0.892 bits per heavy atom. The van der Waals surface area contributed by atoms with Gasteiger partial charge in [0.25, 0.3) is 0 Å². The van der Waals surface area contributed by atoms with Gasteiger partial charge < -0.3 is 30.0 Å². The number of amides is 2. The van der Waals surface area contributed by atoms with Crippen LogP contribution >= 0.6 is 0 Å². The maximum absolute atomic E-state index is 13.0. The van der Waals surface area contributed by atoms with Crippen molar-refractivity contribution in [2.24, 2.45) is 16.6 Å². The van der Waals surface area contributed by atoms with Gasteiger partial charge in [-0.05, 0) is 47.7 Å². The van der Waals surface area contributed by atoms with E-state index in [2.05, 4.69) is 15.6 Å². The minimum atomic E-state index is -0.753. The largest absolute Gasteiger partial charge is 0.493 e. The molecule has 0 aliphatic rings. The summed E-state index contributed by atoms with van der Waals surface area (Å²) in [5.74, 6) is 1.75. The fourth-order valence-electron chi connectivity index (χ4n) is 3.63. The first kappa shape index (κ1) is 29.3. The van der Waals surface area contributed by atoms with E-state index in [9.17, 15) is 9.59 Å². The van der Waals surface area contributed by atoms with E-state index >= 15 is 0 Å². The number of carbonyl (C=O) groups is 2. The number of nitrogens with one attached hydrogen (secondary N) is 2. The number of ether oxygens (including phenoxy) is 4. The second-order valence-corrected chi connectivity index (χ2v) is 8.60. The summed E-state index contributed by atoms with van der Waals surface area (Å²) in [4.78, 5) is 29.9. The van der Waals surface area contributed by atoms with Crippen LogP contribution in [0.5, 0.6) is 23.0 Å². The van der Waals surface area contributed by atoms with Crippen molar-refractivity contribution in [3.8, 4) is 23.0 Å². The standard InChI is InChI=1S/C27H38N4O6/c1-7-17(2)12-20(26(33)29-16-19-9-11-22(35-4)24(14-19)37-6)30-27(28)31-25(32)15-18-8-10-21(34-3)23(13-18)36-5/h8-11,13-14,17,20H,7,12,15-16H2,1-6H3,(H,29,33)(H3,28,30,31,32). The van der Waals surface area contributed by atoms with E-state index in [0.717, 1.165) is 12.0 Å². The smallest absolute Gasteiger partial charge is 0.245 e. The fourth-order valence-corrected chi connectivity index (χ4v) is 3.63. The number of rotatable bonds is 13. The van der Waals surface area contributed by atoms with Gasteiger partial charge in [0, 0.05) is 6.54 Å². The van der Waals surface area contributed by atoms with Gasteiger partial charge >= 0.3 is 0 Å². The molecule has 0 spiro atoms. The van der Waals surface area contributed by atoms with Gasteiger partial charge in [0.05, 0.1) is 34.9 Å². The lowest BCUT2D eigenvalue weighted by Crippen LogP contribution is -2.41. The summed E-state index contributed by atoms with van der Waals surface area (Å²) in [6, 6.07) is 9.88. The molecule has 0 heterocycles. The Hall–Kier alpha value is -3.95. The van der Waals surface area contributed by atoms with Crippen LogP contribution < -0.4 is 35.3 Å². The molecular weight excluding hydrogens is 476 g/mol. The molecule has 2 aromatic rings. The van der Waals surface area contributed by atoms with Crippen LogP contribution in [0.3, 0.4) is 0 Å². The average molecular weight is 515 g/mol. The Morgan fingerprint density at radius 2 is 1.43 bits per heavy atom. The summed E-state index contributed by atoms with van der Waals surface area (Å²) in [6.45, 7) is 4.36. The number of benzene rings is 2. The zero-order valence-corrected chi connectivity index (χ0v) is 22.4. The van der Waals surface area contributed by atoms with Gasteiger partial charge in [0.2, 0.25) is 11.8 Å². The Kier molecular flexibility index (Phi) is 11.5. The average Bonchev–Trinajstić information content (AvgIpc) is 2.90. The molecular formula is C27H38N4O6. The van der Waals surface area contributed by atoms with Crippen LogP contribution in [0.15, 0.2) is 41.4 Å². The van der Waals surface area contributed by atoms with Gasteiger partial charge in [0.15, 0.2) is 29.0 Å². The summed E-state index contributed by atoms with van der Waals surface area (Å²) < 4.78 is 21.1. The highest BCUT2D eigenvalue weighted by Gasteiger charge is 2.21. The molecule has 0 radical (unpaired) electrons. The Labute approximate surface area is 218 Å². The molecule has 202 valence electrons. The molecule has 0 aromatic heterocycles. The highest BCUT2D eigenvalue weighted by Crippen LogP contribution is 2.28. The maximum atomic E-state index is 13.0. The second kappa shape index (κ2) is 14.6. The molecule has 0 fully saturated rings. The maximum Gasteiger partial charge on any atom is 0.245 e. The van der Waals surface area contributed by atoms with Crippen LogP contribution in [0.1, 0.15) is 37.8 Å². The van der Waals surface area contributed by atoms with E-state index in [4.69, 9.17) is 24.7 Å². The SMILES string of the molecule is CCC(C)CC(N=C(N)NC(=O)Cc1ccc(OC)c(OC)c1)C(=O)NCc1ccc(OC)c(OC)c1. The van der Waals surface area contributed by atoms with Gasteiger partial charge in [-0.2, -0.15) is 0 Å². The predicted octanol–water partition coefficient (Wildman–Crippen LogP) is 2.82. The molecule has 2 amide bonds. The third-order valence-electron chi connectivity index (χ3n) is 5.91. The zero-order chi connectivity index (χ0) is 27.4. The van der Waals surface area contributed by atoms with Crippen molar-refractivity contribution >= 4 is 17.8 Å². The molecule has 10 nitrogen and oxygen atoms in total. The monoisotopic (exact) mass is 514 g/mol. The van der Waals surface area contributed by atoms with Gasteiger partial charge in [-0.1, -0.05) is 32.4 Å². The van der Waals surface area contributed by atoms with Crippen molar-refractivity contribution in [2.45, 2.75) is 45.7 Å². The highest BCUT2D eigenvalue weighted by atomic mass is 16.5. The number of guanidine groups is 1. The van der Waals surface area contributed by atoms with Crippen molar-refractivity contribution in [3.05, 3.63) is 47.5 Å². The molecule has 2 aromatic carbocycles. The van der Waals surface area contributed by atoms with Crippen LogP contribution in [0.2, 0.25) is 0 Å². The van der Waals surface area contributed by atoms with Gasteiger partial charge in [0.1, 0.15) is 6.04 Å². The minimum absolute atomic E-state index is 0.0537. The number of carbonyl (C=O) groups excluding carboxylic acids is 2. The lowest BCUT2D eigenvalue weighted by molar-refractivity contribution is -0.123. The van der Waals surface area contributed by atoms with E-state index in [1.165, 1.54) is 7.11 Å². The van der Waals surface area contributed by atoms with Crippen LogP contribution in [0, 0.1) is 5.92 Å². The number of nitrogens with two attached hydrogens (primary N) is 1. The Morgan fingerprint density at radius 3 is 1.97 bits per heavy atom. The number of hydrogen-bond donors (Lipinski definition) is 3. The predicted molar refractivity (Wildman–Crippen MR) is 142 cm³/mol. The molecule has 0 saturated carbocycles. The Balaban J connectivity index is 2.07. The van der Waals surface area contributed by atoms with E-state index < -0.39 is 6.04 Å². The van der Waals surface area contributed by atoms with Crippen LogP contribution in [0.4, 0.5) is 0 Å². The molecule has 10 heteroatoms. The molecule has 0 saturated heterocycles. The van der Waals surface area contributed by atoms with Crippen molar-refractivity contribution in [1.82, 2.24) is 10.6 Å². The van der Waals surface area contributed by atoms with E-state index in [1.54, 1.807) is 51.7 Å². The summed E-state index contributed by atoms with van der Waals surface area (Å²) in [5, 5.41) is 5.48. The molecule has 2 unspecified atom stereocenters. The molecule has 37 heavy (non-hydrogen) atoms. The third kappa shape index (κ3) is 8.89. The Bertz CT molecular complexity index is 1090. The molecule has 4 N–H and O–H groups in total. The molecule has 2 rings (SSSR count). The highest BCUT2D eigenvalue weighted by molar-refractivity contribution is 5.98. The molecule has 2 atom stereocenters. The lowest BCUT2D eigenvalue weighted by Gasteiger charge is -2.18. The normalized spacial score (nSPS) is 12.8. The number of methoxy groups -OCH3 is 4. The quantitative estimate of drug-likeness (QED) is 0.276. The number of aliphatic imine (C=N–C) groups is 1. The second-order valence-electron chi connectivity index (χ2n) is 8.60. The van der Waals surface area contributed by atoms with Crippen LogP contribution in [0.25, 0.3) is 0 Å². The fraction of sp³-hybridized carbons (Fsp3) is 0.444. The molecule has 0 aliphatic carbocycles. The third-order valence-corrected chi connectivity index (χ3v) is 5.91.